The normalized spacial score (nSPS) is 10.8. The number of fused-ring (bicyclic) bond motifs is 1. The maximum absolute atomic E-state index is 12.4. The van der Waals surface area contributed by atoms with Crippen LogP contribution in [-0.4, -0.2) is 15.9 Å². The van der Waals surface area contributed by atoms with Crippen LogP contribution in [0.3, 0.4) is 0 Å². The van der Waals surface area contributed by atoms with E-state index in [2.05, 4.69) is 15.3 Å². The Morgan fingerprint density at radius 3 is 2.69 bits per heavy atom. The number of furan rings is 1. The van der Waals surface area contributed by atoms with Crippen LogP contribution in [0.5, 0.6) is 0 Å². The highest BCUT2D eigenvalue weighted by molar-refractivity contribution is 6.33. The summed E-state index contributed by atoms with van der Waals surface area (Å²) in [5.41, 5.74) is 4.05. The van der Waals surface area contributed by atoms with Crippen LogP contribution in [0.1, 0.15) is 16.1 Å². The van der Waals surface area contributed by atoms with Gasteiger partial charge in [0.25, 0.3) is 5.91 Å². The molecule has 2 heterocycles. The molecular weight excluding hydrogens is 350 g/mol. The molecule has 0 atom stereocenters. The van der Waals surface area contributed by atoms with E-state index in [4.69, 9.17) is 16.0 Å². The summed E-state index contributed by atoms with van der Waals surface area (Å²) in [5, 5.41) is 3.39. The lowest BCUT2D eigenvalue weighted by Crippen LogP contribution is -2.12. The molecule has 0 radical (unpaired) electrons. The van der Waals surface area contributed by atoms with Gasteiger partial charge in [0, 0.05) is 11.3 Å². The highest BCUT2D eigenvalue weighted by Crippen LogP contribution is 2.30. The molecule has 0 aliphatic carbocycles. The van der Waals surface area contributed by atoms with Crippen molar-refractivity contribution in [2.24, 2.45) is 0 Å². The highest BCUT2D eigenvalue weighted by atomic mass is 35.5. The summed E-state index contributed by atoms with van der Waals surface area (Å²) in [6, 6.07) is 14.5. The number of hydrogen-bond donors (Lipinski definition) is 1. The first-order chi connectivity index (χ1) is 12.6. The Bertz CT molecular complexity index is 1120. The maximum atomic E-state index is 12.4. The van der Waals surface area contributed by atoms with E-state index >= 15 is 0 Å². The van der Waals surface area contributed by atoms with Gasteiger partial charge in [-0.15, -0.1) is 0 Å². The predicted molar refractivity (Wildman–Crippen MR) is 101 cm³/mol. The number of aryl methyl sites for hydroxylation is 1. The number of anilines is 1. The van der Waals surface area contributed by atoms with Gasteiger partial charge in [-0.2, -0.15) is 0 Å². The van der Waals surface area contributed by atoms with E-state index in [9.17, 15) is 4.79 Å². The van der Waals surface area contributed by atoms with Gasteiger partial charge in [-0.05, 0) is 43.3 Å². The number of rotatable bonds is 3. The molecule has 1 N–H and O–H groups in total. The van der Waals surface area contributed by atoms with E-state index in [-0.39, 0.29) is 5.91 Å². The lowest BCUT2D eigenvalue weighted by molar-refractivity contribution is 0.102. The predicted octanol–water partition coefficient (Wildman–Crippen LogP) is 5.10. The summed E-state index contributed by atoms with van der Waals surface area (Å²) in [6.45, 7) is 1.74. The molecule has 4 rings (SSSR count). The first kappa shape index (κ1) is 16.3. The number of halogens is 1. The lowest BCUT2D eigenvalue weighted by atomic mass is 10.1. The molecule has 0 aliphatic heterocycles. The second-order valence-corrected chi connectivity index (χ2v) is 6.19. The SMILES string of the molecule is Cc1occc1C(=O)Nc1ccc(Cl)c(-c2cnc3ccccc3n2)c1. The van der Waals surface area contributed by atoms with E-state index in [1.807, 2.05) is 24.3 Å². The van der Waals surface area contributed by atoms with E-state index in [0.717, 1.165) is 11.0 Å². The molecule has 6 heteroatoms. The number of carbonyl (C=O) groups is 1. The van der Waals surface area contributed by atoms with Crippen molar-refractivity contribution in [3.05, 3.63) is 77.3 Å². The highest BCUT2D eigenvalue weighted by Gasteiger charge is 2.13. The van der Waals surface area contributed by atoms with Crippen LogP contribution in [0, 0.1) is 6.92 Å². The minimum Gasteiger partial charge on any atom is -0.469 e. The van der Waals surface area contributed by atoms with E-state index in [0.29, 0.717) is 33.3 Å². The molecule has 2 aromatic heterocycles. The summed E-state index contributed by atoms with van der Waals surface area (Å²) in [7, 11) is 0. The van der Waals surface area contributed by atoms with Crippen molar-refractivity contribution >= 4 is 34.2 Å². The Hall–Kier alpha value is -3.18. The third-order valence-electron chi connectivity index (χ3n) is 4.05. The first-order valence-electron chi connectivity index (χ1n) is 7.99. The molecule has 26 heavy (non-hydrogen) atoms. The fourth-order valence-corrected chi connectivity index (χ4v) is 2.92. The van der Waals surface area contributed by atoms with Gasteiger partial charge in [0.05, 0.1) is 39.8 Å². The van der Waals surface area contributed by atoms with Crippen molar-refractivity contribution < 1.29 is 9.21 Å². The molecule has 1 amide bonds. The molecule has 4 aromatic rings. The fourth-order valence-electron chi connectivity index (χ4n) is 2.71. The Morgan fingerprint density at radius 1 is 1.12 bits per heavy atom. The zero-order chi connectivity index (χ0) is 18.1. The van der Waals surface area contributed by atoms with Crippen molar-refractivity contribution in [2.45, 2.75) is 6.92 Å². The van der Waals surface area contributed by atoms with Crippen LogP contribution in [0.15, 0.2) is 65.4 Å². The molecule has 0 fully saturated rings. The van der Waals surface area contributed by atoms with Crippen LogP contribution in [0.2, 0.25) is 5.02 Å². The Kier molecular flexibility index (Phi) is 4.14. The summed E-state index contributed by atoms with van der Waals surface area (Å²) < 4.78 is 5.18. The minimum absolute atomic E-state index is 0.242. The zero-order valence-electron chi connectivity index (χ0n) is 13.9. The van der Waals surface area contributed by atoms with Crippen LogP contribution in [0.4, 0.5) is 5.69 Å². The standard InChI is InChI=1S/C20H14ClN3O2/c1-12-14(8-9-26-12)20(25)23-13-6-7-16(21)15(10-13)19-11-22-17-4-2-3-5-18(17)24-19/h2-11H,1H3,(H,23,25). The van der Waals surface area contributed by atoms with Gasteiger partial charge in [0.2, 0.25) is 0 Å². The van der Waals surface area contributed by atoms with Crippen LogP contribution in [0.25, 0.3) is 22.3 Å². The smallest absolute Gasteiger partial charge is 0.259 e. The summed E-state index contributed by atoms with van der Waals surface area (Å²) in [6.07, 6.45) is 3.16. The monoisotopic (exact) mass is 363 g/mol. The molecule has 128 valence electrons. The van der Waals surface area contributed by atoms with Gasteiger partial charge in [-0.25, -0.2) is 4.98 Å². The largest absolute Gasteiger partial charge is 0.469 e. The van der Waals surface area contributed by atoms with Gasteiger partial charge in [0.1, 0.15) is 5.76 Å². The number of aromatic nitrogens is 2. The number of para-hydroxylation sites is 2. The van der Waals surface area contributed by atoms with Crippen molar-refractivity contribution in [1.29, 1.82) is 0 Å². The fraction of sp³-hybridized carbons (Fsp3) is 0.0500. The second kappa shape index (κ2) is 6.61. The van der Waals surface area contributed by atoms with Gasteiger partial charge in [0.15, 0.2) is 0 Å². The molecule has 0 aliphatic rings. The van der Waals surface area contributed by atoms with E-state index < -0.39 is 0 Å². The molecule has 0 spiro atoms. The zero-order valence-corrected chi connectivity index (χ0v) is 14.6. The summed E-state index contributed by atoms with van der Waals surface area (Å²) in [4.78, 5) is 21.4. The number of amides is 1. The number of nitrogens with one attached hydrogen (secondary N) is 1. The third kappa shape index (κ3) is 3.05. The molecule has 0 unspecified atom stereocenters. The van der Waals surface area contributed by atoms with Crippen LogP contribution < -0.4 is 5.32 Å². The number of benzene rings is 2. The maximum Gasteiger partial charge on any atom is 0.259 e. The molecule has 0 saturated heterocycles. The van der Waals surface area contributed by atoms with E-state index in [1.165, 1.54) is 6.26 Å². The summed E-state index contributed by atoms with van der Waals surface area (Å²) >= 11 is 6.35. The summed E-state index contributed by atoms with van der Waals surface area (Å²) in [5.74, 6) is 0.325. The molecule has 5 nitrogen and oxygen atoms in total. The number of nitrogens with zero attached hydrogens (tertiary/aromatic N) is 2. The lowest BCUT2D eigenvalue weighted by Gasteiger charge is -2.09. The minimum atomic E-state index is -0.242. The van der Waals surface area contributed by atoms with Crippen LogP contribution in [-0.2, 0) is 0 Å². The van der Waals surface area contributed by atoms with Crippen LogP contribution >= 0.6 is 11.6 Å². The average Bonchev–Trinajstić information content (AvgIpc) is 3.09. The first-order valence-corrected chi connectivity index (χ1v) is 8.37. The Balaban J connectivity index is 1.69. The number of hydrogen-bond acceptors (Lipinski definition) is 4. The molecule has 0 bridgehead atoms. The topological polar surface area (TPSA) is 68.0 Å². The number of carbonyl (C=O) groups excluding carboxylic acids is 1. The quantitative estimate of drug-likeness (QED) is 0.549. The Morgan fingerprint density at radius 2 is 1.92 bits per heavy atom. The van der Waals surface area contributed by atoms with E-state index in [1.54, 1.807) is 37.4 Å². The van der Waals surface area contributed by atoms with Crippen molar-refractivity contribution in [1.82, 2.24) is 9.97 Å². The second-order valence-electron chi connectivity index (χ2n) is 5.78. The van der Waals surface area contributed by atoms with Gasteiger partial charge in [-0.3, -0.25) is 9.78 Å². The van der Waals surface area contributed by atoms with Gasteiger partial charge in [-0.1, -0.05) is 23.7 Å². The van der Waals surface area contributed by atoms with Gasteiger partial charge >= 0.3 is 0 Å². The van der Waals surface area contributed by atoms with Gasteiger partial charge < -0.3 is 9.73 Å². The third-order valence-corrected chi connectivity index (χ3v) is 4.38. The molecule has 2 aromatic carbocycles. The molecule has 0 saturated carbocycles. The van der Waals surface area contributed by atoms with Crippen molar-refractivity contribution in [3.63, 3.8) is 0 Å². The Labute approximate surface area is 154 Å². The van der Waals surface area contributed by atoms with Crippen molar-refractivity contribution in [2.75, 3.05) is 5.32 Å². The average molecular weight is 364 g/mol. The molecular formula is C20H14ClN3O2. The van der Waals surface area contributed by atoms with Crippen molar-refractivity contribution in [3.8, 4) is 11.3 Å².